The molecule has 0 saturated carbocycles. The topological polar surface area (TPSA) is 80.8 Å². The molecule has 0 aromatic carbocycles. The van der Waals surface area contributed by atoms with Crippen molar-refractivity contribution in [3.63, 3.8) is 0 Å². The number of hydrogen-bond donors (Lipinski definition) is 1. The van der Waals surface area contributed by atoms with E-state index in [-0.39, 0.29) is 47.8 Å². The van der Waals surface area contributed by atoms with E-state index < -0.39 is 5.97 Å². The fourth-order valence-electron chi connectivity index (χ4n) is 0.324. The average Bonchev–Trinajstić information content (AvgIpc) is 2.15. The number of rotatable bonds is 1. The predicted octanol–water partition coefficient (Wildman–Crippen LogP) is -0.875. The summed E-state index contributed by atoms with van der Waals surface area (Å²) >= 11 is 0. The van der Waals surface area contributed by atoms with Gasteiger partial charge in [-0.15, -0.1) is 0 Å². The fraction of sp³-hybridized carbons (Fsp3) is 0.333. The van der Waals surface area contributed by atoms with Crippen LogP contribution >= 0.6 is 0 Å². The standard InChI is InChI=1S/C3H4N4O2.Ce/c1-2(8)9-3-4-6-7-5-3;/h1H3,(H,4,5,6,7);. The number of nitrogens with zero attached hydrogens (tertiary/aromatic N) is 3. The fourth-order valence-corrected chi connectivity index (χ4v) is 0.324. The molecule has 52 valence electrons. The van der Waals surface area contributed by atoms with Crippen LogP contribution in [0.2, 0.25) is 0 Å². The smallest absolute Gasteiger partial charge is 0.363 e. The number of esters is 1. The first-order valence-electron chi connectivity index (χ1n) is 2.21. The third-order valence-electron chi connectivity index (χ3n) is 0.561. The Morgan fingerprint density at radius 2 is 2.40 bits per heavy atom. The molecule has 0 atom stereocenters. The molecule has 1 heterocycles. The van der Waals surface area contributed by atoms with Gasteiger partial charge in [0.1, 0.15) is 0 Å². The van der Waals surface area contributed by atoms with E-state index in [1.807, 2.05) is 0 Å². The van der Waals surface area contributed by atoms with Gasteiger partial charge in [-0.3, -0.25) is 4.79 Å². The molecule has 6 nitrogen and oxygen atoms in total. The first-order valence-corrected chi connectivity index (χ1v) is 2.21. The Bertz CT molecular complexity index is 198. The number of ether oxygens (including phenoxy) is 1. The van der Waals surface area contributed by atoms with Crippen LogP contribution in [0.4, 0.5) is 0 Å². The van der Waals surface area contributed by atoms with Gasteiger partial charge in [0.15, 0.2) is 0 Å². The number of hydrogen-bond acceptors (Lipinski definition) is 5. The molecule has 0 unspecified atom stereocenters. The Balaban J connectivity index is 0.000000810. The van der Waals surface area contributed by atoms with Crippen molar-refractivity contribution >= 4 is 5.97 Å². The summed E-state index contributed by atoms with van der Waals surface area (Å²) in [7, 11) is 0. The van der Waals surface area contributed by atoms with Crippen molar-refractivity contribution in [1.29, 1.82) is 0 Å². The van der Waals surface area contributed by atoms with E-state index in [1.165, 1.54) is 6.92 Å². The molecular weight excluding hydrogens is 264 g/mol. The minimum absolute atomic E-state index is 0. The monoisotopic (exact) mass is 268 g/mol. The van der Waals surface area contributed by atoms with Gasteiger partial charge in [-0.25, -0.2) is 0 Å². The second-order valence-corrected chi connectivity index (χ2v) is 1.29. The number of aromatic amines is 1. The number of tetrazole rings is 1. The molecule has 0 aliphatic heterocycles. The van der Waals surface area contributed by atoms with E-state index in [1.54, 1.807) is 0 Å². The Morgan fingerprint density at radius 3 is 2.80 bits per heavy atom. The number of aromatic nitrogens is 4. The van der Waals surface area contributed by atoms with Crippen molar-refractivity contribution in [2.45, 2.75) is 6.92 Å². The summed E-state index contributed by atoms with van der Waals surface area (Å²) in [5.74, 6) is -0.462. The van der Waals surface area contributed by atoms with Crippen molar-refractivity contribution in [2.24, 2.45) is 0 Å². The summed E-state index contributed by atoms with van der Waals surface area (Å²) in [6.07, 6.45) is 0. The van der Waals surface area contributed by atoms with Gasteiger partial charge in [0.25, 0.3) is 0 Å². The number of carbonyl (C=O) groups excluding carboxylic acids is 1. The van der Waals surface area contributed by atoms with Crippen LogP contribution in [0.3, 0.4) is 0 Å². The normalized spacial score (nSPS) is 8.10. The molecule has 0 bridgehead atoms. The maximum Gasteiger partial charge on any atom is 0.363 e. The van der Waals surface area contributed by atoms with E-state index in [2.05, 4.69) is 25.4 Å². The maximum atomic E-state index is 10.2. The van der Waals surface area contributed by atoms with Gasteiger partial charge in [0.05, 0.1) is 0 Å². The number of carbonyl (C=O) groups is 1. The average molecular weight is 268 g/mol. The third-order valence-corrected chi connectivity index (χ3v) is 0.561. The molecule has 0 aliphatic carbocycles. The molecule has 1 rings (SSSR count). The van der Waals surface area contributed by atoms with E-state index in [0.717, 1.165) is 0 Å². The van der Waals surface area contributed by atoms with Crippen molar-refractivity contribution in [2.75, 3.05) is 0 Å². The predicted molar refractivity (Wildman–Crippen MR) is 25.5 cm³/mol. The van der Waals surface area contributed by atoms with E-state index in [4.69, 9.17) is 0 Å². The summed E-state index contributed by atoms with van der Waals surface area (Å²) < 4.78 is 4.40. The first-order chi connectivity index (χ1) is 4.29. The second kappa shape index (κ2) is 4.69. The van der Waals surface area contributed by atoms with Crippen molar-refractivity contribution in [3.8, 4) is 6.01 Å². The summed E-state index contributed by atoms with van der Waals surface area (Å²) in [5, 5.41) is 12.0. The number of H-pyrrole nitrogens is 1. The Labute approximate surface area is 90.1 Å². The van der Waals surface area contributed by atoms with Gasteiger partial charge in [-0.2, -0.15) is 5.21 Å². The zero-order valence-electron chi connectivity index (χ0n) is 5.16. The molecule has 1 N–H and O–H groups in total. The van der Waals surface area contributed by atoms with E-state index in [0.29, 0.717) is 0 Å². The quantitative estimate of drug-likeness (QED) is 0.669. The molecule has 0 amide bonds. The summed E-state index contributed by atoms with van der Waals surface area (Å²) in [5.41, 5.74) is 0. The molecular formula is C3H4CeN4O2. The van der Waals surface area contributed by atoms with Gasteiger partial charge in [-0.1, -0.05) is 10.2 Å². The van der Waals surface area contributed by atoms with Gasteiger partial charge in [0.2, 0.25) is 0 Å². The summed E-state index contributed by atoms with van der Waals surface area (Å²) in [6, 6.07) is -0.0532. The van der Waals surface area contributed by atoms with Crippen LogP contribution in [-0.2, 0) is 4.79 Å². The van der Waals surface area contributed by atoms with Gasteiger partial charge < -0.3 is 4.74 Å². The van der Waals surface area contributed by atoms with Crippen LogP contribution < -0.4 is 4.74 Å². The third kappa shape index (κ3) is 3.18. The van der Waals surface area contributed by atoms with Crippen LogP contribution in [0, 0.1) is 41.7 Å². The SMILES string of the molecule is CC(=O)Oc1nn[nH]n1.[Ce]. The number of nitrogens with one attached hydrogen (secondary N) is 1. The van der Waals surface area contributed by atoms with Gasteiger partial charge >= 0.3 is 12.0 Å². The molecule has 1 aromatic rings. The summed E-state index contributed by atoms with van der Waals surface area (Å²) in [6.45, 7) is 1.26. The molecule has 0 radical (unpaired) electrons. The molecule has 0 spiro atoms. The Morgan fingerprint density at radius 1 is 1.70 bits per heavy atom. The first kappa shape index (κ1) is 9.92. The zero-order chi connectivity index (χ0) is 6.69. The van der Waals surface area contributed by atoms with Crippen molar-refractivity contribution < 1.29 is 51.3 Å². The van der Waals surface area contributed by atoms with Crippen LogP contribution in [0.1, 0.15) is 6.92 Å². The van der Waals surface area contributed by atoms with Gasteiger partial charge in [-0.05, 0) is 5.21 Å². The summed E-state index contributed by atoms with van der Waals surface area (Å²) in [4.78, 5) is 10.2. The zero-order valence-corrected chi connectivity index (χ0v) is 8.30. The molecule has 7 heteroatoms. The van der Waals surface area contributed by atoms with Crippen molar-refractivity contribution in [1.82, 2.24) is 20.6 Å². The Hall–Kier alpha value is -0.0834. The van der Waals surface area contributed by atoms with Crippen molar-refractivity contribution in [3.05, 3.63) is 0 Å². The molecule has 1 aromatic heterocycles. The maximum absolute atomic E-state index is 10.2. The van der Waals surface area contributed by atoms with E-state index >= 15 is 0 Å². The molecule has 0 fully saturated rings. The van der Waals surface area contributed by atoms with Crippen LogP contribution in [-0.4, -0.2) is 26.6 Å². The Kier molecular flexibility index (Phi) is 4.65. The molecule has 0 aliphatic rings. The largest absolute Gasteiger partial charge is 0.389 e. The minimum Gasteiger partial charge on any atom is -0.389 e. The van der Waals surface area contributed by atoms with Crippen LogP contribution in [0.15, 0.2) is 0 Å². The van der Waals surface area contributed by atoms with Crippen LogP contribution in [0.25, 0.3) is 0 Å². The second-order valence-electron chi connectivity index (χ2n) is 1.29. The molecule has 10 heavy (non-hydrogen) atoms. The van der Waals surface area contributed by atoms with Gasteiger partial charge in [0, 0.05) is 48.7 Å². The van der Waals surface area contributed by atoms with Crippen LogP contribution in [0.5, 0.6) is 6.01 Å². The minimum atomic E-state index is -0.462. The molecule has 0 saturated heterocycles. The van der Waals surface area contributed by atoms with E-state index in [9.17, 15) is 4.79 Å².